The first kappa shape index (κ1) is 21.3. The summed E-state index contributed by atoms with van der Waals surface area (Å²) in [6.07, 6.45) is 6.27. The third kappa shape index (κ3) is 6.92. The Morgan fingerprint density at radius 1 is 1.44 bits per heavy atom. The molecule has 27 heavy (non-hydrogen) atoms. The molecule has 2 aromatic rings. The van der Waals surface area contributed by atoms with Gasteiger partial charge in [0.15, 0.2) is 5.82 Å². The highest BCUT2D eigenvalue weighted by Crippen LogP contribution is 2.49. The number of aromatic nitrogens is 4. The van der Waals surface area contributed by atoms with Crippen molar-refractivity contribution in [2.75, 3.05) is 13.2 Å². The van der Waals surface area contributed by atoms with Crippen molar-refractivity contribution < 1.29 is 28.2 Å². The number of hydrogen-bond donors (Lipinski definition) is 4. The molecular formula is C12H19N7O6P2. The third-order valence-corrected chi connectivity index (χ3v) is 5.09. The lowest BCUT2D eigenvalue weighted by atomic mass is 10.5. The van der Waals surface area contributed by atoms with Crippen molar-refractivity contribution >= 4 is 35.3 Å². The number of nitrogens with one attached hydrogen (secondary N) is 1. The summed E-state index contributed by atoms with van der Waals surface area (Å²) in [7, 11) is -4.32. The number of imidazole rings is 2. The van der Waals surface area contributed by atoms with Crippen LogP contribution in [-0.4, -0.2) is 54.2 Å². The minimum absolute atomic E-state index is 0.0381. The number of rotatable bonds is 11. The number of ether oxygens (including phenoxy) is 1. The van der Waals surface area contributed by atoms with E-state index < -0.39 is 17.1 Å². The largest absolute Gasteiger partial charge is 0.369 e. The van der Waals surface area contributed by atoms with Crippen LogP contribution in [0.1, 0.15) is 5.69 Å². The fourth-order valence-electron chi connectivity index (χ4n) is 1.74. The van der Waals surface area contributed by atoms with Gasteiger partial charge in [-0.25, -0.2) is 14.3 Å². The summed E-state index contributed by atoms with van der Waals surface area (Å²) in [6, 6.07) is 0. The van der Waals surface area contributed by atoms with Gasteiger partial charge in [-0.05, 0) is 6.92 Å². The normalized spacial score (nSPS) is 14.1. The molecule has 2 heterocycles. The van der Waals surface area contributed by atoms with Crippen LogP contribution < -0.4 is 11.1 Å². The molecule has 0 aliphatic heterocycles. The number of aryl methyl sites for hydroxylation is 1. The highest BCUT2D eigenvalue weighted by Gasteiger charge is 2.16. The summed E-state index contributed by atoms with van der Waals surface area (Å²) in [5.41, 5.74) is 6.14. The van der Waals surface area contributed by atoms with Gasteiger partial charge in [0.25, 0.3) is 8.53 Å². The van der Waals surface area contributed by atoms with E-state index in [4.69, 9.17) is 19.3 Å². The van der Waals surface area contributed by atoms with Gasteiger partial charge in [-0.15, -0.1) is 0 Å². The monoisotopic (exact) mass is 419 g/mol. The van der Waals surface area contributed by atoms with Crippen LogP contribution in [-0.2, 0) is 25.1 Å². The summed E-state index contributed by atoms with van der Waals surface area (Å²) >= 11 is 0. The molecule has 2 atom stereocenters. The molecule has 2 rings (SSSR count). The molecule has 5 N–H and O–H groups in total. The second-order valence-corrected chi connectivity index (χ2v) is 7.12. The van der Waals surface area contributed by atoms with Gasteiger partial charge < -0.3 is 24.8 Å². The predicted octanol–water partition coefficient (Wildman–Crippen LogP) is 0.0742. The van der Waals surface area contributed by atoms with Crippen molar-refractivity contribution in [2.45, 2.75) is 13.7 Å². The van der Waals surface area contributed by atoms with Crippen LogP contribution in [0, 0.1) is 6.92 Å². The highest BCUT2D eigenvalue weighted by molar-refractivity contribution is 7.56. The predicted molar refractivity (Wildman–Crippen MR) is 96.3 cm³/mol. The fourth-order valence-corrected chi connectivity index (χ4v) is 3.32. The summed E-state index contributed by atoms with van der Waals surface area (Å²) in [5.74, 6) is 0.362. The molecule has 148 valence electrons. The van der Waals surface area contributed by atoms with E-state index in [1.807, 2.05) is 0 Å². The van der Waals surface area contributed by atoms with Crippen molar-refractivity contribution in [1.82, 2.24) is 24.2 Å². The van der Waals surface area contributed by atoms with Gasteiger partial charge in [0.1, 0.15) is 13.1 Å². The van der Waals surface area contributed by atoms with Gasteiger partial charge >= 0.3 is 8.60 Å². The zero-order chi connectivity index (χ0) is 19.6. The van der Waals surface area contributed by atoms with Gasteiger partial charge in [0.05, 0.1) is 25.2 Å². The van der Waals surface area contributed by atoms with Crippen LogP contribution in [0.25, 0.3) is 0 Å². The molecule has 0 bridgehead atoms. The highest BCUT2D eigenvalue weighted by atomic mass is 31.2. The Morgan fingerprint density at radius 2 is 2.26 bits per heavy atom. The van der Waals surface area contributed by atoms with Crippen LogP contribution in [0.5, 0.6) is 0 Å². The molecule has 0 aliphatic carbocycles. The first-order valence-corrected chi connectivity index (χ1v) is 9.72. The lowest BCUT2D eigenvalue weighted by Crippen LogP contribution is -2.30. The van der Waals surface area contributed by atoms with Gasteiger partial charge in [-0.3, -0.25) is 19.0 Å². The summed E-state index contributed by atoms with van der Waals surface area (Å²) < 4.78 is 18.3. The van der Waals surface area contributed by atoms with Crippen molar-refractivity contribution in [3.63, 3.8) is 0 Å². The SMILES string of the molecule is Cc1ncn(COCCOP(O)OP(O)n2ccnc2)c1/N=C(/N)NC=O. The van der Waals surface area contributed by atoms with E-state index in [0.717, 1.165) is 0 Å². The average Bonchev–Trinajstić information content (AvgIpc) is 3.27. The van der Waals surface area contributed by atoms with Gasteiger partial charge in [0, 0.05) is 12.4 Å². The molecule has 0 saturated carbocycles. The lowest BCUT2D eigenvalue weighted by Gasteiger charge is -2.14. The maximum atomic E-state index is 10.4. The van der Waals surface area contributed by atoms with Crippen LogP contribution in [0.15, 0.2) is 30.0 Å². The van der Waals surface area contributed by atoms with Crippen LogP contribution in [0.2, 0.25) is 0 Å². The Kier molecular flexibility index (Phi) is 8.69. The maximum absolute atomic E-state index is 10.4. The Balaban J connectivity index is 1.71. The molecule has 13 nitrogen and oxygen atoms in total. The van der Waals surface area contributed by atoms with Crippen LogP contribution >= 0.6 is 17.1 Å². The molecule has 2 unspecified atom stereocenters. The van der Waals surface area contributed by atoms with E-state index in [9.17, 15) is 14.6 Å². The van der Waals surface area contributed by atoms with Crippen molar-refractivity contribution in [3.05, 3.63) is 30.7 Å². The molecule has 0 aliphatic rings. The molecule has 0 radical (unpaired) electrons. The van der Waals surface area contributed by atoms with Gasteiger partial charge in [-0.2, -0.15) is 4.99 Å². The summed E-state index contributed by atoms with van der Waals surface area (Å²) in [4.78, 5) is 41.6. The number of amides is 1. The number of nitrogens with zero attached hydrogens (tertiary/aromatic N) is 5. The number of hydrogen-bond acceptors (Lipinski definition) is 9. The topological polar surface area (TPSA) is 171 Å². The fraction of sp³-hybridized carbons (Fsp3) is 0.333. The number of aliphatic imine (C=N–C) groups is 1. The minimum atomic E-state index is -2.26. The lowest BCUT2D eigenvalue weighted by molar-refractivity contribution is -0.108. The zero-order valence-corrected chi connectivity index (χ0v) is 16.0. The van der Waals surface area contributed by atoms with Gasteiger partial charge in [0.2, 0.25) is 12.4 Å². The second-order valence-electron chi connectivity index (χ2n) is 4.77. The smallest absolute Gasteiger partial charge is 0.336 e. The van der Waals surface area contributed by atoms with E-state index in [0.29, 0.717) is 17.9 Å². The Morgan fingerprint density at radius 3 is 2.96 bits per heavy atom. The molecule has 0 fully saturated rings. The molecule has 2 aromatic heterocycles. The Labute approximate surface area is 156 Å². The third-order valence-electron chi connectivity index (χ3n) is 2.91. The standard InChI is InChI=1S/C12H19N7O6P2/c1-10-11(17-12(13)16-8-20)18(7-15-10)9-23-4-5-24-27(22)25-26(21)19-3-2-14-6-19/h2-3,6-8,21-22H,4-5,9H2,1H3,(H3,13,16,17,20). The van der Waals surface area contributed by atoms with E-state index in [2.05, 4.69) is 20.3 Å². The second kappa shape index (κ2) is 11.0. The van der Waals surface area contributed by atoms with Crippen LogP contribution in [0.3, 0.4) is 0 Å². The number of carbonyl (C=O) groups excluding carboxylic acids is 1. The Hall–Kier alpha value is -1.98. The molecule has 1 amide bonds. The minimum Gasteiger partial charge on any atom is -0.369 e. The van der Waals surface area contributed by atoms with Crippen molar-refractivity contribution in [2.24, 2.45) is 10.7 Å². The maximum Gasteiger partial charge on any atom is 0.336 e. The van der Waals surface area contributed by atoms with E-state index in [1.54, 1.807) is 11.5 Å². The van der Waals surface area contributed by atoms with Crippen molar-refractivity contribution in [3.8, 4) is 0 Å². The molecular weight excluding hydrogens is 400 g/mol. The summed E-state index contributed by atoms with van der Waals surface area (Å²) in [6.45, 7) is 2.01. The quantitative estimate of drug-likeness (QED) is 0.129. The molecule has 0 aromatic carbocycles. The molecule has 15 heteroatoms. The van der Waals surface area contributed by atoms with E-state index >= 15 is 0 Å². The number of guanidine groups is 1. The number of nitrogens with two attached hydrogens (primary N) is 1. The van der Waals surface area contributed by atoms with E-state index in [1.165, 1.54) is 29.4 Å². The van der Waals surface area contributed by atoms with Crippen LogP contribution in [0.4, 0.5) is 5.82 Å². The zero-order valence-electron chi connectivity index (χ0n) is 14.2. The Bertz CT molecular complexity index is 741. The first-order valence-electron chi connectivity index (χ1n) is 7.42. The summed E-state index contributed by atoms with van der Waals surface area (Å²) in [5, 5.41) is 2.23. The van der Waals surface area contributed by atoms with Gasteiger partial charge in [-0.1, -0.05) is 0 Å². The molecule has 0 spiro atoms. The van der Waals surface area contributed by atoms with Crippen molar-refractivity contribution in [1.29, 1.82) is 0 Å². The molecule has 0 saturated heterocycles. The van der Waals surface area contributed by atoms with E-state index in [-0.39, 0.29) is 25.9 Å². The number of carbonyl (C=O) groups is 1. The average molecular weight is 419 g/mol. The first-order chi connectivity index (χ1) is 13.0.